The molecule has 0 radical (unpaired) electrons. The maximum atomic E-state index is 11.2. The summed E-state index contributed by atoms with van der Waals surface area (Å²) in [6.07, 6.45) is -0.360. The van der Waals surface area contributed by atoms with Gasteiger partial charge in [0.15, 0.2) is 0 Å². The Hall–Kier alpha value is -0.890. The molecule has 0 spiro atoms. The minimum Gasteiger partial charge on any atom is -0.389 e. The largest absolute Gasteiger partial charge is 0.389 e. The second-order valence-corrected chi connectivity index (χ2v) is 4.98. The van der Waals surface area contributed by atoms with Gasteiger partial charge in [-0.2, -0.15) is 0 Å². The van der Waals surface area contributed by atoms with Crippen molar-refractivity contribution in [1.29, 1.82) is 0 Å². The molecule has 0 fully saturated rings. The fraction of sp³-hybridized carbons (Fsp3) is 0.923. The first-order chi connectivity index (χ1) is 9.43. The normalized spacial score (nSPS) is 12.5. The van der Waals surface area contributed by atoms with Crippen LogP contribution in [0.1, 0.15) is 13.8 Å². The number of rotatable bonds is 11. The summed E-state index contributed by atoms with van der Waals surface area (Å²) in [5.41, 5.74) is 0. The summed E-state index contributed by atoms with van der Waals surface area (Å²) < 4.78 is 10.6. The fourth-order valence-corrected chi connectivity index (χ4v) is 1.31. The Kier molecular flexibility index (Phi) is 11.4. The van der Waals surface area contributed by atoms with Crippen LogP contribution in [0.5, 0.6) is 0 Å². The zero-order chi connectivity index (χ0) is 15.4. The Labute approximate surface area is 121 Å². The van der Waals surface area contributed by atoms with Gasteiger partial charge in [0.2, 0.25) is 0 Å². The summed E-state index contributed by atoms with van der Waals surface area (Å²) in [7, 11) is 3.37. The number of carbonyl (C=O) groups is 1. The number of hydrogen-bond acceptors (Lipinski definition) is 5. The van der Waals surface area contributed by atoms with Crippen molar-refractivity contribution < 1.29 is 19.4 Å². The van der Waals surface area contributed by atoms with E-state index in [0.717, 1.165) is 0 Å². The molecule has 1 unspecified atom stereocenters. The summed E-state index contributed by atoms with van der Waals surface area (Å²) in [6.45, 7) is 6.78. The van der Waals surface area contributed by atoms with Crippen molar-refractivity contribution in [3.05, 3.63) is 0 Å². The number of aliphatic hydroxyl groups is 1. The van der Waals surface area contributed by atoms with E-state index in [1.807, 2.05) is 13.8 Å². The predicted octanol–water partition coefficient (Wildman–Crippen LogP) is -0.350. The van der Waals surface area contributed by atoms with E-state index in [-0.39, 0.29) is 18.7 Å². The molecule has 0 aromatic carbocycles. The summed E-state index contributed by atoms with van der Waals surface area (Å²) in [4.78, 5) is 12.7. The highest BCUT2D eigenvalue weighted by atomic mass is 16.5. The molecule has 0 heterocycles. The average Bonchev–Trinajstić information content (AvgIpc) is 2.37. The van der Waals surface area contributed by atoms with Gasteiger partial charge < -0.3 is 30.1 Å². The zero-order valence-corrected chi connectivity index (χ0v) is 13.0. The molecular weight excluding hydrogens is 262 g/mol. The second-order valence-electron chi connectivity index (χ2n) is 4.98. The predicted molar refractivity (Wildman–Crippen MR) is 77.9 cm³/mol. The van der Waals surface area contributed by atoms with Crippen molar-refractivity contribution in [1.82, 2.24) is 15.5 Å². The Morgan fingerprint density at radius 2 is 1.95 bits per heavy atom. The molecule has 0 aliphatic rings. The van der Waals surface area contributed by atoms with Gasteiger partial charge >= 0.3 is 6.03 Å². The molecule has 0 saturated heterocycles. The number of nitrogens with one attached hydrogen (secondary N) is 2. The lowest BCUT2D eigenvalue weighted by molar-refractivity contribution is -0.00988. The van der Waals surface area contributed by atoms with Gasteiger partial charge in [-0.05, 0) is 13.8 Å². The third-order valence-corrected chi connectivity index (χ3v) is 2.35. The molecule has 0 bridgehead atoms. The molecule has 0 aliphatic carbocycles. The van der Waals surface area contributed by atoms with Gasteiger partial charge in [-0.3, -0.25) is 0 Å². The molecule has 0 aromatic heterocycles. The lowest BCUT2D eigenvalue weighted by Gasteiger charge is -2.14. The van der Waals surface area contributed by atoms with Gasteiger partial charge in [0.25, 0.3) is 0 Å². The lowest BCUT2D eigenvalue weighted by atomic mass is 10.4. The van der Waals surface area contributed by atoms with E-state index in [4.69, 9.17) is 9.47 Å². The molecule has 7 heteroatoms. The Balaban J connectivity index is 3.32. The highest BCUT2D eigenvalue weighted by molar-refractivity contribution is 5.73. The van der Waals surface area contributed by atoms with E-state index >= 15 is 0 Å². The summed E-state index contributed by atoms with van der Waals surface area (Å²) in [6, 6.07) is -0.124. The maximum absolute atomic E-state index is 11.2. The third kappa shape index (κ3) is 12.2. The van der Waals surface area contributed by atoms with Crippen LogP contribution in [0.15, 0.2) is 0 Å². The van der Waals surface area contributed by atoms with Gasteiger partial charge in [0.1, 0.15) is 0 Å². The van der Waals surface area contributed by atoms with E-state index in [9.17, 15) is 9.90 Å². The average molecular weight is 291 g/mol. The van der Waals surface area contributed by atoms with E-state index in [2.05, 4.69) is 10.6 Å². The van der Waals surface area contributed by atoms with E-state index in [1.165, 1.54) is 4.90 Å². The van der Waals surface area contributed by atoms with Gasteiger partial charge in [0, 0.05) is 33.7 Å². The summed E-state index contributed by atoms with van der Waals surface area (Å²) >= 11 is 0. The number of aliphatic hydroxyl groups excluding tert-OH is 1. The van der Waals surface area contributed by atoms with Crippen LogP contribution in [-0.2, 0) is 9.47 Å². The molecule has 7 nitrogen and oxygen atoms in total. The SMILES string of the molecule is CC(C)OCCOCC(O)CNCCNC(=O)N(C)C. The minimum atomic E-state index is -0.557. The van der Waals surface area contributed by atoms with Gasteiger partial charge in [-0.15, -0.1) is 0 Å². The molecule has 2 amide bonds. The number of ether oxygens (including phenoxy) is 2. The van der Waals surface area contributed by atoms with Gasteiger partial charge in [0.05, 0.1) is 32.0 Å². The summed E-state index contributed by atoms with van der Waals surface area (Å²) in [5.74, 6) is 0. The van der Waals surface area contributed by atoms with Crippen molar-refractivity contribution >= 4 is 6.03 Å². The van der Waals surface area contributed by atoms with E-state index in [0.29, 0.717) is 32.8 Å². The molecule has 0 rings (SSSR count). The quantitative estimate of drug-likeness (QED) is 0.453. The number of urea groups is 1. The first-order valence-corrected chi connectivity index (χ1v) is 6.96. The molecule has 3 N–H and O–H groups in total. The zero-order valence-electron chi connectivity index (χ0n) is 13.0. The minimum absolute atomic E-state index is 0.124. The number of amides is 2. The lowest BCUT2D eigenvalue weighted by Crippen LogP contribution is -2.40. The molecule has 1 atom stereocenters. The van der Waals surface area contributed by atoms with Crippen molar-refractivity contribution in [3.63, 3.8) is 0 Å². The fourth-order valence-electron chi connectivity index (χ4n) is 1.31. The smallest absolute Gasteiger partial charge is 0.316 e. The number of carbonyl (C=O) groups excluding carboxylic acids is 1. The van der Waals surface area contributed by atoms with Crippen molar-refractivity contribution in [2.75, 3.05) is 53.6 Å². The highest BCUT2D eigenvalue weighted by Crippen LogP contribution is 1.89. The van der Waals surface area contributed by atoms with E-state index in [1.54, 1.807) is 14.1 Å². The maximum Gasteiger partial charge on any atom is 0.316 e. The van der Waals surface area contributed by atoms with E-state index < -0.39 is 6.10 Å². The Morgan fingerprint density at radius 3 is 2.55 bits per heavy atom. The van der Waals surface area contributed by atoms with Crippen LogP contribution in [0, 0.1) is 0 Å². The van der Waals surface area contributed by atoms with Crippen molar-refractivity contribution in [3.8, 4) is 0 Å². The van der Waals surface area contributed by atoms with Crippen LogP contribution < -0.4 is 10.6 Å². The van der Waals surface area contributed by atoms with Crippen LogP contribution in [0.4, 0.5) is 4.79 Å². The third-order valence-electron chi connectivity index (χ3n) is 2.35. The number of nitrogens with zero attached hydrogens (tertiary/aromatic N) is 1. The highest BCUT2D eigenvalue weighted by Gasteiger charge is 2.04. The summed E-state index contributed by atoms with van der Waals surface area (Å²) in [5, 5.41) is 15.4. The van der Waals surface area contributed by atoms with Gasteiger partial charge in [-0.25, -0.2) is 4.79 Å². The first kappa shape index (κ1) is 19.1. The van der Waals surface area contributed by atoms with Crippen LogP contribution in [0.25, 0.3) is 0 Å². The molecule has 0 aliphatic heterocycles. The van der Waals surface area contributed by atoms with Crippen molar-refractivity contribution in [2.45, 2.75) is 26.1 Å². The molecular formula is C13H29N3O4. The standard InChI is InChI=1S/C13H29N3O4/c1-11(2)20-8-7-19-10-12(17)9-14-5-6-15-13(18)16(3)4/h11-12,14,17H,5-10H2,1-4H3,(H,15,18). The van der Waals surface area contributed by atoms with Crippen LogP contribution in [-0.4, -0.2) is 81.8 Å². The van der Waals surface area contributed by atoms with Crippen LogP contribution in [0.3, 0.4) is 0 Å². The topological polar surface area (TPSA) is 83.1 Å². The Bertz CT molecular complexity index is 250. The first-order valence-electron chi connectivity index (χ1n) is 6.96. The van der Waals surface area contributed by atoms with Gasteiger partial charge in [-0.1, -0.05) is 0 Å². The monoisotopic (exact) mass is 291 g/mol. The molecule has 0 saturated carbocycles. The molecule has 20 heavy (non-hydrogen) atoms. The second kappa shape index (κ2) is 11.9. The van der Waals surface area contributed by atoms with Crippen molar-refractivity contribution in [2.24, 2.45) is 0 Å². The van der Waals surface area contributed by atoms with Crippen LogP contribution >= 0.6 is 0 Å². The molecule has 120 valence electrons. The number of hydrogen-bond donors (Lipinski definition) is 3. The Morgan fingerprint density at radius 1 is 1.25 bits per heavy atom. The molecule has 0 aromatic rings. The van der Waals surface area contributed by atoms with Crippen LogP contribution in [0.2, 0.25) is 0 Å².